The number of ether oxygens (including phenoxy) is 1. The predicted octanol–water partition coefficient (Wildman–Crippen LogP) is 8.70. The van der Waals surface area contributed by atoms with Gasteiger partial charge in [-0.3, -0.25) is 4.79 Å². The van der Waals surface area contributed by atoms with Crippen molar-refractivity contribution in [2.75, 3.05) is 6.61 Å². The van der Waals surface area contributed by atoms with E-state index in [9.17, 15) is 4.79 Å². The van der Waals surface area contributed by atoms with Crippen LogP contribution in [0.5, 0.6) is 0 Å². The third kappa shape index (κ3) is 23.0. The second kappa shape index (κ2) is 24.0. The fourth-order valence-corrected chi connectivity index (χ4v) is 3.37. The lowest BCUT2D eigenvalue weighted by molar-refractivity contribution is -0.143. The Bertz CT molecular complexity index is 371. The Kier molecular flexibility index (Phi) is 23.1. The van der Waals surface area contributed by atoms with E-state index >= 15 is 0 Å². The van der Waals surface area contributed by atoms with Gasteiger partial charge < -0.3 is 4.74 Å². The van der Waals surface area contributed by atoms with Crippen LogP contribution >= 0.6 is 0 Å². The van der Waals surface area contributed by atoms with Gasteiger partial charge in [-0.15, -0.1) is 0 Å². The Labute approximate surface area is 176 Å². The molecular formula is C26H48O2. The minimum absolute atomic E-state index is 0.0451. The van der Waals surface area contributed by atoms with Crippen molar-refractivity contribution >= 4 is 5.97 Å². The van der Waals surface area contributed by atoms with Crippen LogP contribution in [0.15, 0.2) is 24.3 Å². The Morgan fingerprint density at radius 1 is 0.607 bits per heavy atom. The summed E-state index contributed by atoms with van der Waals surface area (Å²) in [5, 5.41) is 0. The van der Waals surface area contributed by atoms with Gasteiger partial charge in [0.2, 0.25) is 0 Å². The van der Waals surface area contributed by atoms with Gasteiger partial charge in [0.15, 0.2) is 0 Å². The first-order valence-electron chi connectivity index (χ1n) is 12.3. The Hall–Kier alpha value is -1.05. The Morgan fingerprint density at radius 2 is 1.07 bits per heavy atom. The molecule has 2 nitrogen and oxygen atoms in total. The van der Waals surface area contributed by atoms with Crippen molar-refractivity contribution in [3.8, 4) is 0 Å². The van der Waals surface area contributed by atoms with Crippen molar-refractivity contribution in [2.45, 2.75) is 129 Å². The molecule has 0 amide bonds. The number of carbonyl (C=O) groups is 1. The third-order valence-corrected chi connectivity index (χ3v) is 5.14. The van der Waals surface area contributed by atoms with Crippen molar-refractivity contribution in [3.63, 3.8) is 0 Å². The van der Waals surface area contributed by atoms with Crippen molar-refractivity contribution in [1.29, 1.82) is 0 Å². The van der Waals surface area contributed by atoms with Crippen LogP contribution in [0.2, 0.25) is 0 Å². The topological polar surface area (TPSA) is 26.3 Å². The fraction of sp³-hybridized carbons (Fsp3) is 0.808. The highest BCUT2D eigenvalue weighted by Crippen LogP contribution is 2.11. The molecule has 0 aromatic rings. The molecule has 2 heteroatoms. The quantitative estimate of drug-likeness (QED) is 0.111. The first kappa shape index (κ1) is 27.0. The maximum Gasteiger partial charge on any atom is 0.305 e. The molecule has 0 bridgehead atoms. The first-order chi connectivity index (χ1) is 13.8. The lowest BCUT2D eigenvalue weighted by atomic mass is 10.1. The monoisotopic (exact) mass is 392 g/mol. The van der Waals surface area contributed by atoms with Crippen LogP contribution in [-0.2, 0) is 9.53 Å². The van der Waals surface area contributed by atoms with E-state index in [1.807, 2.05) is 6.92 Å². The van der Waals surface area contributed by atoms with Crippen molar-refractivity contribution in [2.24, 2.45) is 0 Å². The summed E-state index contributed by atoms with van der Waals surface area (Å²) >= 11 is 0. The van der Waals surface area contributed by atoms with Crippen LogP contribution in [-0.4, -0.2) is 12.6 Å². The normalized spacial score (nSPS) is 11.6. The van der Waals surface area contributed by atoms with E-state index in [1.165, 1.54) is 89.9 Å². The molecule has 0 fully saturated rings. The fourth-order valence-electron chi connectivity index (χ4n) is 3.37. The molecule has 28 heavy (non-hydrogen) atoms. The van der Waals surface area contributed by atoms with Crippen molar-refractivity contribution in [3.05, 3.63) is 24.3 Å². The van der Waals surface area contributed by atoms with Crippen LogP contribution in [0, 0.1) is 0 Å². The number of unbranched alkanes of at least 4 members (excludes halogenated alkanes) is 14. The van der Waals surface area contributed by atoms with E-state index in [2.05, 4.69) is 31.2 Å². The highest BCUT2D eigenvalue weighted by atomic mass is 16.5. The number of esters is 1. The van der Waals surface area contributed by atoms with E-state index in [-0.39, 0.29) is 5.97 Å². The van der Waals surface area contributed by atoms with Crippen LogP contribution < -0.4 is 0 Å². The zero-order valence-corrected chi connectivity index (χ0v) is 19.1. The highest BCUT2D eigenvalue weighted by molar-refractivity contribution is 5.69. The zero-order valence-electron chi connectivity index (χ0n) is 19.1. The zero-order chi connectivity index (χ0) is 20.5. The molecule has 0 aromatic heterocycles. The molecule has 0 unspecified atom stereocenters. The van der Waals surface area contributed by atoms with Gasteiger partial charge in [-0.1, -0.05) is 102 Å². The minimum Gasteiger partial charge on any atom is -0.466 e. The van der Waals surface area contributed by atoms with Gasteiger partial charge in [-0.25, -0.2) is 0 Å². The molecule has 0 aliphatic carbocycles. The van der Waals surface area contributed by atoms with E-state index < -0.39 is 0 Å². The molecule has 0 radical (unpaired) electrons. The van der Waals surface area contributed by atoms with Gasteiger partial charge in [0.25, 0.3) is 0 Å². The summed E-state index contributed by atoms with van der Waals surface area (Å²) in [5.74, 6) is -0.0451. The number of hydrogen-bond donors (Lipinski definition) is 0. The summed E-state index contributed by atoms with van der Waals surface area (Å²) in [6.45, 7) is 4.64. The van der Waals surface area contributed by atoms with Crippen molar-refractivity contribution in [1.82, 2.24) is 0 Å². The molecular weight excluding hydrogens is 344 g/mol. The molecule has 164 valence electrons. The second-order valence-electron chi connectivity index (χ2n) is 7.91. The number of allylic oxidation sites excluding steroid dienone is 4. The molecule has 0 rings (SSSR count). The van der Waals surface area contributed by atoms with E-state index in [1.54, 1.807) is 0 Å². The van der Waals surface area contributed by atoms with Gasteiger partial charge in [-0.2, -0.15) is 0 Å². The smallest absolute Gasteiger partial charge is 0.305 e. The first-order valence-corrected chi connectivity index (χ1v) is 12.3. The van der Waals surface area contributed by atoms with Crippen LogP contribution in [0.1, 0.15) is 129 Å². The number of carbonyl (C=O) groups excluding carboxylic acids is 1. The van der Waals surface area contributed by atoms with E-state index in [0.717, 1.165) is 19.3 Å². The van der Waals surface area contributed by atoms with Gasteiger partial charge in [0.05, 0.1) is 6.61 Å². The summed E-state index contributed by atoms with van der Waals surface area (Å²) in [6.07, 6.45) is 31.9. The molecule has 0 saturated carbocycles. The molecule has 0 aliphatic heterocycles. The molecule has 0 atom stereocenters. The Balaban J connectivity index is 3.21. The van der Waals surface area contributed by atoms with Crippen LogP contribution in [0.25, 0.3) is 0 Å². The van der Waals surface area contributed by atoms with Gasteiger partial charge >= 0.3 is 5.97 Å². The maximum atomic E-state index is 11.2. The summed E-state index contributed by atoms with van der Waals surface area (Å²) < 4.78 is 4.93. The van der Waals surface area contributed by atoms with Crippen LogP contribution in [0.3, 0.4) is 0 Å². The lowest BCUT2D eigenvalue weighted by Crippen LogP contribution is -2.03. The van der Waals surface area contributed by atoms with Gasteiger partial charge in [0.1, 0.15) is 0 Å². The molecule has 0 aromatic carbocycles. The molecule has 0 N–H and O–H groups in total. The standard InChI is InChI=1S/C26H48O2/c1-3-5-6-7-8-9-10-11-12-13-14-15-16-17-18-19-20-21-22-23-24-25-26(27)28-4-2/h14-15,17-18H,3-13,16,19-25H2,1-2H3. The average molecular weight is 393 g/mol. The predicted molar refractivity (Wildman–Crippen MR) is 124 cm³/mol. The van der Waals surface area contributed by atoms with Crippen LogP contribution in [0.4, 0.5) is 0 Å². The maximum absolute atomic E-state index is 11.2. The third-order valence-electron chi connectivity index (χ3n) is 5.14. The van der Waals surface area contributed by atoms with Gasteiger partial charge in [0, 0.05) is 6.42 Å². The van der Waals surface area contributed by atoms with Crippen molar-refractivity contribution < 1.29 is 9.53 Å². The highest BCUT2D eigenvalue weighted by Gasteiger charge is 2.00. The summed E-state index contributed by atoms with van der Waals surface area (Å²) in [4.78, 5) is 11.2. The minimum atomic E-state index is -0.0451. The molecule has 0 aliphatic rings. The largest absolute Gasteiger partial charge is 0.466 e. The summed E-state index contributed by atoms with van der Waals surface area (Å²) in [6, 6.07) is 0. The van der Waals surface area contributed by atoms with E-state index in [0.29, 0.717) is 13.0 Å². The summed E-state index contributed by atoms with van der Waals surface area (Å²) in [5.41, 5.74) is 0. The lowest BCUT2D eigenvalue weighted by Gasteiger charge is -2.01. The van der Waals surface area contributed by atoms with E-state index in [4.69, 9.17) is 4.74 Å². The average Bonchev–Trinajstić information content (AvgIpc) is 2.69. The molecule has 0 heterocycles. The Morgan fingerprint density at radius 3 is 1.57 bits per heavy atom. The summed E-state index contributed by atoms with van der Waals surface area (Å²) in [7, 11) is 0. The molecule has 0 spiro atoms. The van der Waals surface area contributed by atoms with Gasteiger partial charge in [-0.05, 0) is 45.4 Å². The second-order valence-corrected chi connectivity index (χ2v) is 7.91. The SMILES string of the molecule is CCCCCCCCCCCC=CCC=CCCCCCCCC(=O)OCC. The number of rotatable bonds is 21. The number of hydrogen-bond acceptors (Lipinski definition) is 2. The molecule has 0 saturated heterocycles.